The molecule has 1 aliphatic rings. The highest BCUT2D eigenvalue weighted by molar-refractivity contribution is 7.17. The number of nitrogens with zero attached hydrogens (tertiary/aromatic N) is 1. The fourth-order valence-corrected chi connectivity index (χ4v) is 4.06. The minimum absolute atomic E-state index is 0.0309. The highest BCUT2D eigenvalue weighted by Crippen LogP contribution is 2.26. The zero-order valence-electron chi connectivity index (χ0n) is 12.6. The van der Waals surface area contributed by atoms with E-state index in [-0.39, 0.29) is 11.9 Å². The smallest absolute Gasteiger partial charge is 0.237 e. The van der Waals surface area contributed by atoms with E-state index >= 15 is 0 Å². The van der Waals surface area contributed by atoms with Gasteiger partial charge in [0.2, 0.25) is 5.91 Å². The zero-order chi connectivity index (χ0) is 15.5. The van der Waals surface area contributed by atoms with Crippen LogP contribution in [0.5, 0.6) is 0 Å². The number of rotatable bonds is 5. The second-order valence-corrected chi connectivity index (χ2v) is 6.76. The average molecular weight is 316 g/mol. The molecule has 3 rings (SSSR count). The van der Waals surface area contributed by atoms with Gasteiger partial charge >= 0.3 is 0 Å². The standard InChI is InChI=1S/C17H20N2O2S/c1-19-8-4-6-15(19)17(21)18-13(10-20)9-12-11-22-16-7-3-2-5-14(12)16/h2-3,5,7,10-11,13,15H,4,6,8-9H2,1H3,(H,18,21)/t13-,15?/m0/s1. The minimum Gasteiger partial charge on any atom is -0.345 e. The quantitative estimate of drug-likeness (QED) is 0.861. The van der Waals surface area contributed by atoms with Crippen molar-refractivity contribution >= 4 is 33.6 Å². The molecule has 1 aromatic carbocycles. The van der Waals surface area contributed by atoms with Gasteiger partial charge in [-0.2, -0.15) is 0 Å². The molecule has 0 bridgehead atoms. The number of hydrogen-bond donors (Lipinski definition) is 1. The number of likely N-dealkylation sites (N-methyl/N-ethyl adjacent to an activating group) is 1. The lowest BCUT2D eigenvalue weighted by molar-refractivity contribution is -0.127. The van der Waals surface area contributed by atoms with Crippen LogP contribution in [-0.4, -0.2) is 42.8 Å². The summed E-state index contributed by atoms with van der Waals surface area (Å²) in [5.41, 5.74) is 1.12. The van der Waals surface area contributed by atoms with Crippen LogP contribution in [0.3, 0.4) is 0 Å². The van der Waals surface area contributed by atoms with Crippen LogP contribution >= 0.6 is 11.3 Å². The molecule has 1 fully saturated rings. The van der Waals surface area contributed by atoms with Gasteiger partial charge in [-0.1, -0.05) is 18.2 Å². The second kappa shape index (κ2) is 6.58. The van der Waals surface area contributed by atoms with Crippen molar-refractivity contribution in [2.45, 2.75) is 31.3 Å². The Kier molecular flexibility index (Phi) is 4.55. The molecule has 0 spiro atoms. The summed E-state index contributed by atoms with van der Waals surface area (Å²) >= 11 is 1.67. The number of aldehydes is 1. The average Bonchev–Trinajstić information content (AvgIpc) is 3.13. The molecule has 1 aromatic heterocycles. The molecule has 2 aromatic rings. The van der Waals surface area contributed by atoms with Gasteiger partial charge in [-0.15, -0.1) is 11.3 Å². The predicted molar refractivity (Wildman–Crippen MR) is 89.2 cm³/mol. The Balaban J connectivity index is 1.69. The third-order valence-corrected chi connectivity index (χ3v) is 5.33. The van der Waals surface area contributed by atoms with Gasteiger partial charge in [-0.05, 0) is 48.8 Å². The number of thiophene rings is 1. The lowest BCUT2D eigenvalue weighted by Gasteiger charge is -2.21. The Hall–Kier alpha value is -1.72. The van der Waals surface area contributed by atoms with Crippen LogP contribution < -0.4 is 5.32 Å². The first-order valence-electron chi connectivity index (χ1n) is 7.60. The van der Waals surface area contributed by atoms with E-state index in [0.29, 0.717) is 6.42 Å². The van der Waals surface area contributed by atoms with Crippen molar-refractivity contribution in [1.29, 1.82) is 0 Å². The molecule has 1 amide bonds. The molecular weight excluding hydrogens is 296 g/mol. The van der Waals surface area contributed by atoms with Crippen molar-refractivity contribution in [1.82, 2.24) is 10.2 Å². The number of carbonyl (C=O) groups is 2. The van der Waals surface area contributed by atoms with Crippen LogP contribution in [0, 0.1) is 0 Å². The van der Waals surface area contributed by atoms with Gasteiger partial charge in [-0.3, -0.25) is 9.69 Å². The third-order valence-electron chi connectivity index (χ3n) is 4.32. The van der Waals surface area contributed by atoms with E-state index in [1.54, 1.807) is 11.3 Å². The maximum absolute atomic E-state index is 12.3. The number of nitrogens with one attached hydrogen (secondary N) is 1. The van der Waals surface area contributed by atoms with E-state index in [0.717, 1.165) is 31.2 Å². The first-order chi connectivity index (χ1) is 10.7. The lowest BCUT2D eigenvalue weighted by atomic mass is 10.1. The van der Waals surface area contributed by atoms with E-state index in [1.807, 2.05) is 19.2 Å². The number of carbonyl (C=O) groups excluding carboxylic acids is 2. The Bertz CT molecular complexity index is 682. The normalized spacial score (nSPS) is 20.1. The van der Waals surface area contributed by atoms with E-state index in [9.17, 15) is 9.59 Å². The van der Waals surface area contributed by atoms with Gasteiger partial charge in [0.05, 0.1) is 12.1 Å². The number of fused-ring (bicyclic) bond motifs is 1. The monoisotopic (exact) mass is 316 g/mol. The molecule has 0 saturated carbocycles. The summed E-state index contributed by atoms with van der Waals surface area (Å²) in [6, 6.07) is 7.60. The molecule has 116 valence electrons. The molecule has 2 atom stereocenters. The van der Waals surface area contributed by atoms with Crippen LogP contribution in [0.1, 0.15) is 18.4 Å². The Morgan fingerprint density at radius 1 is 1.50 bits per heavy atom. The first-order valence-corrected chi connectivity index (χ1v) is 8.48. The Morgan fingerprint density at radius 2 is 2.32 bits per heavy atom. The largest absolute Gasteiger partial charge is 0.345 e. The van der Waals surface area contributed by atoms with Crippen LogP contribution in [0.25, 0.3) is 10.1 Å². The van der Waals surface area contributed by atoms with Crippen molar-refractivity contribution in [3.63, 3.8) is 0 Å². The van der Waals surface area contributed by atoms with Gasteiger partial charge in [-0.25, -0.2) is 0 Å². The van der Waals surface area contributed by atoms with E-state index in [4.69, 9.17) is 0 Å². The lowest BCUT2D eigenvalue weighted by Crippen LogP contribution is -2.47. The Labute approximate surface area is 134 Å². The molecule has 1 N–H and O–H groups in total. The van der Waals surface area contributed by atoms with E-state index in [2.05, 4.69) is 27.7 Å². The van der Waals surface area contributed by atoms with E-state index < -0.39 is 6.04 Å². The maximum atomic E-state index is 12.3. The molecule has 1 unspecified atom stereocenters. The van der Waals surface area contributed by atoms with Gasteiger partial charge in [0.1, 0.15) is 6.29 Å². The second-order valence-electron chi connectivity index (χ2n) is 5.85. The van der Waals surface area contributed by atoms with Crippen LogP contribution in [0.4, 0.5) is 0 Å². The minimum atomic E-state index is -0.459. The molecule has 5 heteroatoms. The SMILES string of the molecule is CN1CCCC1C(=O)N[C@H](C=O)Cc1csc2ccccc12. The third kappa shape index (κ3) is 3.05. The number of likely N-dealkylation sites (tertiary alicyclic amines) is 1. The van der Waals surface area contributed by atoms with Crippen molar-refractivity contribution in [2.75, 3.05) is 13.6 Å². The number of hydrogen-bond acceptors (Lipinski definition) is 4. The van der Waals surface area contributed by atoms with Crippen LogP contribution in [0.15, 0.2) is 29.6 Å². The highest BCUT2D eigenvalue weighted by atomic mass is 32.1. The van der Waals surface area contributed by atoms with Crippen molar-refractivity contribution in [2.24, 2.45) is 0 Å². The summed E-state index contributed by atoms with van der Waals surface area (Å²) in [6.45, 7) is 0.943. The summed E-state index contributed by atoms with van der Waals surface area (Å²) < 4.78 is 1.21. The predicted octanol–water partition coefficient (Wildman–Crippen LogP) is 2.22. The van der Waals surface area contributed by atoms with Crippen LogP contribution in [-0.2, 0) is 16.0 Å². The van der Waals surface area contributed by atoms with Gasteiger partial charge in [0.15, 0.2) is 0 Å². The van der Waals surface area contributed by atoms with Crippen molar-refractivity contribution in [3.8, 4) is 0 Å². The van der Waals surface area contributed by atoms with Crippen LogP contribution in [0.2, 0.25) is 0 Å². The fourth-order valence-electron chi connectivity index (χ4n) is 3.08. The topological polar surface area (TPSA) is 49.4 Å². The summed E-state index contributed by atoms with van der Waals surface area (Å²) in [5, 5.41) is 6.15. The molecule has 2 heterocycles. The summed E-state index contributed by atoms with van der Waals surface area (Å²) in [4.78, 5) is 25.7. The first kappa shape index (κ1) is 15.2. The molecule has 22 heavy (non-hydrogen) atoms. The van der Waals surface area contributed by atoms with E-state index in [1.165, 1.54) is 10.1 Å². The van der Waals surface area contributed by atoms with Gasteiger partial charge < -0.3 is 10.1 Å². The summed E-state index contributed by atoms with van der Waals surface area (Å²) in [6.07, 6.45) is 3.31. The van der Waals surface area contributed by atoms with Crippen molar-refractivity contribution < 1.29 is 9.59 Å². The maximum Gasteiger partial charge on any atom is 0.237 e. The number of benzene rings is 1. The molecule has 1 saturated heterocycles. The Morgan fingerprint density at radius 3 is 3.05 bits per heavy atom. The summed E-state index contributed by atoms with van der Waals surface area (Å²) in [5.74, 6) is -0.0309. The summed E-state index contributed by atoms with van der Waals surface area (Å²) in [7, 11) is 1.96. The van der Waals surface area contributed by atoms with Gasteiger partial charge in [0.25, 0.3) is 0 Å². The molecule has 0 aliphatic carbocycles. The highest BCUT2D eigenvalue weighted by Gasteiger charge is 2.29. The molecular formula is C17H20N2O2S. The number of amides is 1. The molecule has 0 radical (unpaired) electrons. The van der Waals surface area contributed by atoms with Crippen molar-refractivity contribution in [3.05, 3.63) is 35.2 Å². The zero-order valence-corrected chi connectivity index (χ0v) is 13.4. The molecule has 1 aliphatic heterocycles. The molecule has 4 nitrogen and oxygen atoms in total. The fraction of sp³-hybridized carbons (Fsp3) is 0.412. The van der Waals surface area contributed by atoms with Gasteiger partial charge in [0, 0.05) is 11.1 Å².